The molecule has 2 heterocycles. The molecule has 0 saturated heterocycles. The van der Waals surface area contributed by atoms with Gasteiger partial charge in [-0.2, -0.15) is 0 Å². The van der Waals surface area contributed by atoms with Gasteiger partial charge in [0.2, 0.25) is 5.72 Å². The van der Waals surface area contributed by atoms with Gasteiger partial charge in [-0.3, -0.25) is 4.99 Å². The van der Waals surface area contributed by atoms with Crippen LogP contribution in [0.5, 0.6) is 5.75 Å². The van der Waals surface area contributed by atoms with Gasteiger partial charge in [-0.05, 0) is 49.1 Å². The fraction of sp³-hybridized carbons (Fsp3) is 0.261. The second kappa shape index (κ2) is 5.97. The number of rotatable bonds is 2. The second-order valence-corrected chi connectivity index (χ2v) is 8.29. The number of anilines is 1. The van der Waals surface area contributed by atoms with Crippen molar-refractivity contribution in [3.8, 4) is 5.75 Å². The Morgan fingerprint density at radius 2 is 1.93 bits per heavy atom. The van der Waals surface area contributed by atoms with Crippen LogP contribution in [0.1, 0.15) is 19.4 Å². The third kappa shape index (κ3) is 2.19. The quantitative estimate of drug-likeness (QED) is 0.661. The summed E-state index contributed by atoms with van der Waals surface area (Å²) < 4.78 is 6.71. The van der Waals surface area contributed by atoms with E-state index < -0.39 is 11.1 Å². The molecule has 1 N–H and O–H groups in total. The minimum absolute atomic E-state index is 0.0155. The van der Waals surface area contributed by atoms with Gasteiger partial charge < -0.3 is 14.7 Å². The molecular weight excluding hydrogens is 372 g/mol. The molecule has 0 radical (unpaired) electrons. The Bertz CT molecular complexity index is 1120. The second-order valence-electron chi connectivity index (χ2n) is 7.85. The predicted octanol–water partition coefficient (Wildman–Crippen LogP) is 5.07. The van der Waals surface area contributed by atoms with E-state index in [1.54, 1.807) is 0 Å². The molecule has 0 aromatic heterocycles. The highest BCUT2D eigenvalue weighted by Gasteiger charge is 2.59. The summed E-state index contributed by atoms with van der Waals surface area (Å²) in [4.78, 5) is 6.98. The molecule has 4 nitrogen and oxygen atoms in total. The number of hydrogen-bond donors (Lipinski definition) is 1. The van der Waals surface area contributed by atoms with Crippen LogP contribution in [0.15, 0.2) is 59.6 Å². The van der Waals surface area contributed by atoms with Crippen LogP contribution in [0, 0.1) is 0 Å². The van der Waals surface area contributed by atoms with Crippen molar-refractivity contribution >= 4 is 40.0 Å². The van der Waals surface area contributed by atoms with Crippen molar-refractivity contribution in [3.05, 3.63) is 65.2 Å². The molecule has 2 aliphatic rings. The first-order valence-electron chi connectivity index (χ1n) is 9.42. The lowest BCUT2D eigenvalue weighted by Crippen LogP contribution is -2.62. The molecule has 0 aliphatic carbocycles. The van der Waals surface area contributed by atoms with Gasteiger partial charge in [0.05, 0.1) is 18.2 Å². The van der Waals surface area contributed by atoms with Crippen LogP contribution in [0.2, 0.25) is 5.02 Å². The summed E-state index contributed by atoms with van der Waals surface area (Å²) in [6.45, 7) is 4.73. The summed E-state index contributed by atoms with van der Waals surface area (Å²) in [5, 5.41) is 12.6. The topological polar surface area (TPSA) is 45.1 Å². The number of nitrogens with zero attached hydrogens (tertiary/aromatic N) is 2. The molecule has 0 saturated carbocycles. The monoisotopic (exact) mass is 392 g/mol. The van der Waals surface area contributed by atoms with Crippen molar-refractivity contribution in [3.63, 3.8) is 0 Å². The Morgan fingerprint density at radius 1 is 1.11 bits per heavy atom. The number of aliphatic hydroxyl groups is 1. The minimum Gasteiger partial charge on any atom is -0.459 e. The van der Waals surface area contributed by atoms with Crippen LogP contribution in [0.25, 0.3) is 10.8 Å². The van der Waals surface area contributed by atoms with Gasteiger partial charge in [0.25, 0.3) is 0 Å². The Kier molecular flexibility index (Phi) is 3.74. The van der Waals surface area contributed by atoms with Crippen LogP contribution in [-0.2, 0) is 5.41 Å². The zero-order valence-electron chi connectivity index (χ0n) is 15.8. The smallest absolute Gasteiger partial charge is 0.228 e. The molecule has 28 heavy (non-hydrogen) atoms. The SMILES string of the molecule is CC1(C)c2cc(Cl)ccc2N(CCO)C12C=Nc1c(ccc3ccccc13)O2. The number of hydrogen-bond acceptors (Lipinski definition) is 4. The largest absolute Gasteiger partial charge is 0.459 e. The third-order valence-electron chi connectivity index (χ3n) is 6.04. The number of fused-ring (bicyclic) bond motifs is 4. The lowest BCUT2D eigenvalue weighted by Gasteiger charge is -2.46. The first-order chi connectivity index (χ1) is 13.5. The highest BCUT2D eigenvalue weighted by Crippen LogP contribution is 2.55. The number of benzene rings is 3. The standard InChI is InChI=1S/C23H21ClN2O2/c1-22(2)18-13-16(24)8-9-19(18)26(11-12-27)23(22)14-25-21-17-6-4-3-5-15(17)7-10-20(21)28-23/h3-10,13-14,27H,11-12H2,1-2H3. The molecule has 3 aromatic rings. The van der Waals surface area contributed by atoms with E-state index in [4.69, 9.17) is 21.3 Å². The van der Waals surface area contributed by atoms with E-state index in [1.165, 1.54) is 0 Å². The first kappa shape index (κ1) is 17.5. The maximum absolute atomic E-state index is 9.76. The van der Waals surface area contributed by atoms with Gasteiger partial charge in [-0.25, -0.2) is 0 Å². The van der Waals surface area contributed by atoms with E-state index in [-0.39, 0.29) is 6.61 Å². The van der Waals surface area contributed by atoms with Crippen molar-refractivity contribution in [1.29, 1.82) is 0 Å². The van der Waals surface area contributed by atoms with E-state index in [1.807, 2.05) is 42.6 Å². The highest BCUT2D eigenvalue weighted by atomic mass is 35.5. The molecule has 142 valence electrons. The fourth-order valence-corrected chi connectivity index (χ4v) is 4.72. The Hall–Kier alpha value is -2.56. The Morgan fingerprint density at radius 3 is 2.75 bits per heavy atom. The molecule has 3 aromatic carbocycles. The normalized spacial score (nSPS) is 21.6. The van der Waals surface area contributed by atoms with Crippen LogP contribution in [-0.4, -0.2) is 30.2 Å². The molecular formula is C23H21ClN2O2. The van der Waals surface area contributed by atoms with E-state index in [2.05, 4.69) is 36.9 Å². The van der Waals surface area contributed by atoms with Gasteiger partial charge in [0, 0.05) is 22.6 Å². The summed E-state index contributed by atoms with van der Waals surface area (Å²) in [5.41, 5.74) is 1.69. The Labute approximate surface area is 169 Å². The van der Waals surface area contributed by atoms with Crippen LogP contribution >= 0.6 is 11.6 Å². The summed E-state index contributed by atoms with van der Waals surface area (Å²) in [6, 6.07) is 18.1. The Balaban J connectivity index is 1.72. The summed E-state index contributed by atoms with van der Waals surface area (Å²) in [5.74, 6) is 0.746. The predicted molar refractivity (Wildman–Crippen MR) is 114 cm³/mol. The van der Waals surface area contributed by atoms with Gasteiger partial charge in [0.1, 0.15) is 11.4 Å². The lowest BCUT2D eigenvalue weighted by molar-refractivity contribution is 0.0742. The molecule has 1 spiro atoms. The number of halogens is 1. The molecule has 5 rings (SSSR count). The number of aliphatic imine (C=N–C) groups is 1. The van der Waals surface area contributed by atoms with Crippen LogP contribution in [0.3, 0.4) is 0 Å². The number of aliphatic hydroxyl groups excluding tert-OH is 1. The fourth-order valence-electron chi connectivity index (χ4n) is 4.55. The molecule has 0 amide bonds. The molecule has 0 bridgehead atoms. The van der Waals surface area contributed by atoms with Gasteiger partial charge in [0.15, 0.2) is 0 Å². The van der Waals surface area contributed by atoms with Crippen molar-refractivity contribution in [1.82, 2.24) is 0 Å². The number of β-amino-alcohol motifs (C(OH)–C–C–N with tert-alkyl or cyclic N) is 1. The maximum Gasteiger partial charge on any atom is 0.228 e. The summed E-state index contributed by atoms with van der Waals surface area (Å²) in [7, 11) is 0. The van der Waals surface area contributed by atoms with E-state index in [0.29, 0.717) is 11.6 Å². The average molecular weight is 393 g/mol. The third-order valence-corrected chi connectivity index (χ3v) is 6.28. The summed E-state index contributed by atoms with van der Waals surface area (Å²) >= 11 is 6.31. The molecule has 1 unspecified atom stereocenters. The average Bonchev–Trinajstić information content (AvgIpc) is 2.86. The molecule has 1 atom stereocenters. The number of ether oxygens (including phenoxy) is 1. The zero-order chi connectivity index (χ0) is 19.5. The van der Waals surface area contributed by atoms with Gasteiger partial charge in [-0.1, -0.05) is 41.9 Å². The van der Waals surface area contributed by atoms with E-state index in [0.717, 1.165) is 33.5 Å². The lowest BCUT2D eigenvalue weighted by atomic mass is 9.77. The van der Waals surface area contributed by atoms with Crippen molar-refractivity contribution in [2.24, 2.45) is 4.99 Å². The highest BCUT2D eigenvalue weighted by molar-refractivity contribution is 6.30. The first-order valence-corrected chi connectivity index (χ1v) is 9.80. The van der Waals surface area contributed by atoms with Crippen LogP contribution < -0.4 is 9.64 Å². The molecule has 2 aliphatic heterocycles. The van der Waals surface area contributed by atoms with E-state index in [9.17, 15) is 5.11 Å². The minimum atomic E-state index is -0.835. The molecule has 5 heteroatoms. The summed E-state index contributed by atoms with van der Waals surface area (Å²) in [6.07, 6.45) is 1.89. The van der Waals surface area contributed by atoms with Gasteiger partial charge in [-0.15, -0.1) is 0 Å². The molecule has 0 fully saturated rings. The van der Waals surface area contributed by atoms with Crippen molar-refractivity contribution in [2.45, 2.75) is 25.0 Å². The van der Waals surface area contributed by atoms with Crippen molar-refractivity contribution < 1.29 is 9.84 Å². The zero-order valence-corrected chi connectivity index (χ0v) is 16.6. The van der Waals surface area contributed by atoms with E-state index >= 15 is 0 Å². The maximum atomic E-state index is 9.76. The van der Waals surface area contributed by atoms with Crippen LogP contribution in [0.4, 0.5) is 11.4 Å². The van der Waals surface area contributed by atoms with Gasteiger partial charge >= 0.3 is 0 Å². The van der Waals surface area contributed by atoms with Crippen molar-refractivity contribution in [2.75, 3.05) is 18.1 Å².